The van der Waals surface area contributed by atoms with Crippen LogP contribution < -0.4 is 20.4 Å². The van der Waals surface area contributed by atoms with Gasteiger partial charge in [-0.2, -0.15) is 0 Å². The molecule has 9 heteroatoms. The van der Waals surface area contributed by atoms with Gasteiger partial charge in [0, 0.05) is 42.8 Å². The van der Waals surface area contributed by atoms with Gasteiger partial charge in [-0.25, -0.2) is 9.78 Å². The maximum atomic E-state index is 12.5. The smallest absolute Gasteiger partial charge is 0.329 e. The molecule has 28 heavy (non-hydrogen) atoms. The third-order valence-corrected chi connectivity index (χ3v) is 4.94. The Bertz CT molecular complexity index is 878. The molecule has 1 aromatic heterocycles. The maximum Gasteiger partial charge on any atom is 0.329 e. The monoisotopic (exact) mass is 380 g/mol. The van der Waals surface area contributed by atoms with Gasteiger partial charge in [-0.1, -0.05) is 0 Å². The molecule has 2 aliphatic rings. The zero-order valence-corrected chi connectivity index (χ0v) is 15.2. The van der Waals surface area contributed by atoms with E-state index in [-0.39, 0.29) is 24.4 Å². The number of carbonyl (C=O) groups is 3. The average Bonchev–Trinajstić information content (AvgIpc) is 3.07. The van der Waals surface area contributed by atoms with Crippen molar-refractivity contribution >= 4 is 29.4 Å². The molecule has 3 heterocycles. The number of hydrogen-bond donors (Lipinski definition) is 2. The fourth-order valence-electron chi connectivity index (χ4n) is 3.42. The Kier molecular flexibility index (Phi) is 4.88. The van der Waals surface area contributed by atoms with E-state index in [2.05, 4.69) is 25.5 Å². The molecule has 0 unspecified atom stereocenters. The Morgan fingerprint density at radius 3 is 2.46 bits per heavy atom. The molecule has 2 aromatic rings. The maximum absolute atomic E-state index is 12.5. The molecular weight excluding hydrogens is 360 g/mol. The van der Waals surface area contributed by atoms with Crippen LogP contribution in [0.2, 0.25) is 0 Å². The predicted molar refractivity (Wildman–Crippen MR) is 102 cm³/mol. The second-order valence-electron chi connectivity index (χ2n) is 6.78. The van der Waals surface area contributed by atoms with E-state index in [1.807, 2.05) is 0 Å². The summed E-state index contributed by atoms with van der Waals surface area (Å²) in [4.78, 5) is 47.4. The number of anilines is 2. The molecular formula is C19H20N6O3. The lowest BCUT2D eigenvalue weighted by Gasteiger charge is -2.32. The normalized spacial score (nSPS) is 17.6. The Morgan fingerprint density at radius 1 is 1.11 bits per heavy atom. The van der Waals surface area contributed by atoms with E-state index < -0.39 is 6.03 Å². The van der Waals surface area contributed by atoms with E-state index in [4.69, 9.17) is 0 Å². The molecule has 0 atom stereocenters. The second-order valence-corrected chi connectivity index (χ2v) is 6.78. The lowest BCUT2D eigenvalue weighted by atomic mass is 10.0. The van der Waals surface area contributed by atoms with Gasteiger partial charge in [0.25, 0.3) is 5.91 Å². The number of amides is 4. The molecule has 144 valence electrons. The summed E-state index contributed by atoms with van der Waals surface area (Å²) in [6, 6.07) is 6.32. The largest absolute Gasteiger partial charge is 0.355 e. The highest BCUT2D eigenvalue weighted by atomic mass is 16.2. The minimum absolute atomic E-state index is 0.00522. The number of piperidine rings is 1. The van der Waals surface area contributed by atoms with Crippen LogP contribution in [0.3, 0.4) is 0 Å². The Hall–Kier alpha value is -3.49. The number of benzene rings is 1. The van der Waals surface area contributed by atoms with Gasteiger partial charge in [-0.3, -0.25) is 24.8 Å². The molecule has 0 radical (unpaired) electrons. The van der Waals surface area contributed by atoms with Crippen molar-refractivity contribution in [3.05, 3.63) is 48.4 Å². The Morgan fingerprint density at radius 2 is 1.86 bits per heavy atom. The fraction of sp³-hybridized carbons (Fsp3) is 0.316. The number of nitrogens with zero attached hydrogens (tertiary/aromatic N) is 4. The van der Waals surface area contributed by atoms with Crippen molar-refractivity contribution in [2.75, 3.05) is 29.4 Å². The van der Waals surface area contributed by atoms with Crippen molar-refractivity contribution in [2.24, 2.45) is 0 Å². The molecule has 1 aromatic carbocycles. The van der Waals surface area contributed by atoms with E-state index in [0.717, 1.165) is 31.7 Å². The SMILES string of the molecule is O=C1CN(c2ccc(C(=O)NC3CCN(c4cnccn4)CC3)cc2)C(=O)N1. The number of aromatic nitrogens is 2. The molecule has 4 rings (SSSR count). The van der Waals surface area contributed by atoms with Gasteiger partial charge in [0.15, 0.2) is 0 Å². The van der Waals surface area contributed by atoms with Gasteiger partial charge in [-0.15, -0.1) is 0 Å². The highest BCUT2D eigenvalue weighted by molar-refractivity contribution is 6.12. The third kappa shape index (κ3) is 3.78. The van der Waals surface area contributed by atoms with Crippen LogP contribution in [0.15, 0.2) is 42.9 Å². The topological polar surface area (TPSA) is 108 Å². The van der Waals surface area contributed by atoms with E-state index in [9.17, 15) is 14.4 Å². The van der Waals surface area contributed by atoms with Crippen molar-refractivity contribution in [1.29, 1.82) is 0 Å². The summed E-state index contributed by atoms with van der Waals surface area (Å²) < 4.78 is 0. The summed E-state index contributed by atoms with van der Waals surface area (Å²) in [5.41, 5.74) is 1.10. The molecule has 0 aliphatic carbocycles. The van der Waals surface area contributed by atoms with Crippen LogP contribution >= 0.6 is 0 Å². The molecule has 2 saturated heterocycles. The Balaban J connectivity index is 1.32. The van der Waals surface area contributed by atoms with Gasteiger partial charge in [-0.05, 0) is 37.1 Å². The third-order valence-electron chi connectivity index (χ3n) is 4.94. The standard InChI is InChI=1S/C19H20N6O3/c26-17-12-25(19(28)23-17)15-3-1-13(2-4-15)18(27)22-14-5-9-24(10-6-14)16-11-20-7-8-21-16/h1-4,7-8,11,14H,5-6,9-10,12H2,(H,22,27)(H,23,26,28). The van der Waals surface area contributed by atoms with Crippen molar-refractivity contribution in [3.8, 4) is 0 Å². The molecule has 2 N–H and O–H groups in total. The van der Waals surface area contributed by atoms with Gasteiger partial charge in [0.1, 0.15) is 12.4 Å². The lowest BCUT2D eigenvalue weighted by molar-refractivity contribution is -0.117. The van der Waals surface area contributed by atoms with Gasteiger partial charge < -0.3 is 10.2 Å². The van der Waals surface area contributed by atoms with Gasteiger partial charge >= 0.3 is 6.03 Å². The molecule has 0 saturated carbocycles. The molecule has 0 spiro atoms. The summed E-state index contributed by atoms with van der Waals surface area (Å²) in [6.07, 6.45) is 6.73. The number of hydrogen-bond acceptors (Lipinski definition) is 6. The number of rotatable bonds is 4. The van der Waals surface area contributed by atoms with Crippen LogP contribution in [0.4, 0.5) is 16.3 Å². The van der Waals surface area contributed by atoms with Crippen LogP contribution in [0, 0.1) is 0 Å². The molecule has 9 nitrogen and oxygen atoms in total. The van der Waals surface area contributed by atoms with E-state index in [1.165, 1.54) is 4.90 Å². The fourth-order valence-corrected chi connectivity index (χ4v) is 3.42. The first-order valence-electron chi connectivity index (χ1n) is 9.13. The van der Waals surface area contributed by atoms with Crippen LogP contribution in [0.5, 0.6) is 0 Å². The van der Waals surface area contributed by atoms with Crippen molar-refractivity contribution < 1.29 is 14.4 Å². The number of urea groups is 1. The van der Waals surface area contributed by atoms with E-state index >= 15 is 0 Å². The van der Waals surface area contributed by atoms with Gasteiger partial charge in [0.05, 0.1) is 6.20 Å². The van der Waals surface area contributed by atoms with Gasteiger partial charge in [0.2, 0.25) is 5.91 Å². The van der Waals surface area contributed by atoms with Crippen LogP contribution in [-0.4, -0.2) is 53.5 Å². The number of nitrogens with one attached hydrogen (secondary N) is 2. The first kappa shape index (κ1) is 17.9. The zero-order chi connectivity index (χ0) is 19.5. The second kappa shape index (κ2) is 7.63. The summed E-state index contributed by atoms with van der Waals surface area (Å²) in [6.45, 7) is 1.61. The summed E-state index contributed by atoms with van der Waals surface area (Å²) in [5.74, 6) is 0.374. The van der Waals surface area contributed by atoms with E-state index in [1.54, 1.807) is 42.9 Å². The Labute approximate surface area is 161 Å². The number of carbonyl (C=O) groups excluding carboxylic acids is 3. The van der Waals surface area contributed by atoms with Crippen LogP contribution in [-0.2, 0) is 4.79 Å². The highest BCUT2D eigenvalue weighted by Crippen LogP contribution is 2.19. The van der Waals surface area contributed by atoms with Crippen molar-refractivity contribution in [2.45, 2.75) is 18.9 Å². The molecule has 2 fully saturated rings. The first-order valence-corrected chi connectivity index (χ1v) is 9.13. The summed E-state index contributed by atoms with van der Waals surface area (Å²) >= 11 is 0. The molecule has 0 bridgehead atoms. The van der Waals surface area contributed by atoms with Crippen LogP contribution in [0.1, 0.15) is 23.2 Å². The summed E-state index contributed by atoms with van der Waals surface area (Å²) in [7, 11) is 0. The highest BCUT2D eigenvalue weighted by Gasteiger charge is 2.28. The minimum atomic E-state index is -0.447. The van der Waals surface area contributed by atoms with E-state index in [0.29, 0.717) is 11.3 Å². The predicted octanol–water partition coefficient (Wildman–Crippen LogP) is 0.932. The summed E-state index contributed by atoms with van der Waals surface area (Å²) in [5, 5.41) is 5.29. The zero-order valence-electron chi connectivity index (χ0n) is 15.2. The number of imide groups is 1. The van der Waals surface area contributed by atoms with Crippen molar-refractivity contribution in [1.82, 2.24) is 20.6 Å². The minimum Gasteiger partial charge on any atom is -0.355 e. The quantitative estimate of drug-likeness (QED) is 0.764. The molecule has 2 aliphatic heterocycles. The lowest BCUT2D eigenvalue weighted by Crippen LogP contribution is -2.45. The molecule has 4 amide bonds. The average molecular weight is 380 g/mol. The van der Waals surface area contributed by atoms with Crippen molar-refractivity contribution in [3.63, 3.8) is 0 Å². The first-order chi connectivity index (χ1) is 13.6. The van der Waals surface area contributed by atoms with Crippen LogP contribution in [0.25, 0.3) is 0 Å².